The van der Waals surface area contributed by atoms with Gasteiger partial charge in [-0.3, -0.25) is 9.10 Å². The molecule has 4 rings (SSSR count). The highest BCUT2D eigenvalue weighted by Crippen LogP contribution is 2.35. The Balaban J connectivity index is 1.40. The van der Waals surface area contributed by atoms with Crippen LogP contribution in [0, 0.1) is 0 Å². The predicted octanol–water partition coefficient (Wildman–Crippen LogP) is 2.77. The molecule has 1 fully saturated rings. The molecule has 7 nitrogen and oxygen atoms in total. The summed E-state index contributed by atoms with van der Waals surface area (Å²) in [5.74, 6) is -0.0309. The van der Waals surface area contributed by atoms with Crippen LogP contribution in [0.15, 0.2) is 47.4 Å². The maximum Gasteiger partial charge on any atom is 0.264 e. The van der Waals surface area contributed by atoms with Gasteiger partial charge in [-0.2, -0.15) is 0 Å². The molecule has 0 spiro atoms. The SMILES string of the molecule is O=C(COc1ccc(S(=O)(=O)N2CCc3ccccc32)cc1Cl)NCC1CCCO1. The zero-order chi connectivity index (χ0) is 21.1. The molecule has 2 heterocycles. The average molecular weight is 451 g/mol. The number of anilines is 1. The fourth-order valence-electron chi connectivity index (χ4n) is 3.67. The van der Waals surface area contributed by atoms with Crippen LogP contribution in [-0.2, 0) is 26.0 Å². The monoisotopic (exact) mass is 450 g/mol. The van der Waals surface area contributed by atoms with Gasteiger partial charge in [0.15, 0.2) is 6.61 Å². The average Bonchev–Trinajstić information content (AvgIpc) is 3.41. The maximum atomic E-state index is 13.1. The Morgan fingerprint density at radius 1 is 1.27 bits per heavy atom. The van der Waals surface area contributed by atoms with E-state index in [4.69, 9.17) is 21.1 Å². The molecule has 1 saturated heterocycles. The molecule has 0 bridgehead atoms. The number of carbonyl (C=O) groups is 1. The van der Waals surface area contributed by atoms with Gasteiger partial charge < -0.3 is 14.8 Å². The Morgan fingerprint density at radius 2 is 2.10 bits per heavy atom. The molecule has 1 unspecified atom stereocenters. The molecule has 2 aromatic carbocycles. The van der Waals surface area contributed by atoms with Crippen LogP contribution in [0.4, 0.5) is 5.69 Å². The molecule has 9 heteroatoms. The number of hydrogen-bond donors (Lipinski definition) is 1. The van der Waals surface area contributed by atoms with Crippen molar-refractivity contribution in [3.05, 3.63) is 53.1 Å². The highest BCUT2D eigenvalue weighted by Gasteiger charge is 2.31. The molecule has 30 heavy (non-hydrogen) atoms. The highest BCUT2D eigenvalue weighted by molar-refractivity contribution is 7.92. The molecule has 0 radical (unpaired) electrons. The number of hydrogen-bond acceptors (Lipinski definition) is 5. The fraction of sp³-hybridized carbons (Fsp3) is 0.381. The lowest BCUT2D eigenvalue weighted by Crippen LogP contribution is -2.35. The summed E-state index contributed by atoms with van der Waals surface area (Å²) in [5, 5.41) is 2.90. The minimum absolute atomic E-state index is 0.0535. The van der Waals surface area contributed by atoms with Crippen LogP contribution in [0.3, 0.4) is 0 Å². The van der Waals surface area contributed by atoms with Crippen molar-refractivity contribution in [2.75, 3.05) is 30.6 Å². The fourth-order valence-corrected chi connectivity index (χ4v) is 5.50. The Labute approximate surface area is 181 Å². The van der Waals surface area contributed by atoms with Gasteiger partial charge in [0.2, 0.25) is 0 Å². The molecular formula is C21H23ClN2O5S. The van der Waals surface area contributed by atoms with E-state index in [2.05, 4.69) is 5.32 Å². The number of nitrogens with zero attached hydrogens (tertiary/aromatic N) is 1. The van der Waals surface area contributed by atoms with Crippen molar-refractivity contribution >= 4 is 33.2 Å². The summed E-state index contributed by atoms with van der Waals surface area (Å²) in [4.78, 5) is 12.0. The first-order valence-electron chi connectivity index (χ1n) is 9.86. The van der Waals surface area contributed by atoms with Crippen molar-refractivity contribution in [3.63, 3.8) is 0 Å². The second kappa shape index (κ2) is 8.83. The first kappa shape index (κ1) is 21.0. The summed E-state index contributed by atoms with van der Waals surface area (Å²) in [6, 6.07) is 11.7. The summed E-state index contributed by atoms with van der Waals surface area (Å²) in [7, 11) is -3.74. The van der Waals surface area contributed by atoms with E-state index in [1.165, 1.54) is 22.5 Å². The molecule has 0 aromatic heterocycles. The first-order chi connectivity index (χ1) is 14.4. The van der Waals surface area contributed by atoms with E-state index in [1.54, 1.807) is 6.07 Å². The minimum Gasteiger partial charge on any atom is -0.482 e. The van der Waals surface area contributed by atoms with E-state index in [1.807, 2.05) is 18.2 Å². The maximum absolute atomic E-state index is 13.1. The highest BCUT2D eigenvalue weighted by atomic mass is 35.5. The zero-order valence-corrected chi connectivity index (χ0v) is 17.9. The third-order valence-corrected chi connectivity index (χ3v) is 7.35. The quantitative estimate of drug-likeness (QED) is 0.701. The van der Waals surface area contributed by atoms with E-state index in [0.29, 0.717) is 25.2 Å². The lowest BCUT2D eigenvalue weighted by molar-refractivity contribution is -0.123. The first-order valence-corrected chi connectivity index (χ1v) is 11.7. The lowest BCUT2D eigenvalue weighted by atomic mass is 10.2. The van der Waals surface area contributed by atoms with Gasteiger partial charge in [-0.15, -0.1) is 0 Å². The van der Waals surface area contributed by atoms with Crippen LogP contribution in [0.1, 0.15) is 18.4 Å². The Bertz CT molecular complexity index is 1040. The number of para-hydroxylation sites is 1. The van der Waals surface area contributed by atoms with E-state index in [9.17, 15) is 13.2 Å². The summed E-state index contributed by atoms with van der Waals surface area (Å²) >= 11 is 6.25. The van der Waals surface area contributed by atoms with Crippen LogP contribution in [0.5, 0.6) is 5.75 Å². The molecule has 0 saturated carbocycles. The van der Waals surface area contributed by atoms with Gasteiger partial charge in [0.05, 0.1) is 21.7 Å². The summed E-state index contributed by atoms with van der Waals surface area (Å²) in [6.45, 7) is 1.36. The van der Waals surface area contributed by atoms with Crippen molar-refractivity contribution in [1.29, 1.82) is 0 Å². The van der Waals surface area contributed by atoms with Gasteiger partial charge in [0.1, 0.15) is 5.75 Å². The number of fused-ring (bicyclic) bond motifs is 1. The number of ether oxygens (including phenoxy) is 2. The number of sulfonamides is 1. The molecule has 2 aliphatic rings. The van der Waals surface area contributed by atoms with Crippen molar-refractivity contribution in [2.45, 2.75) is 30.3 Å². The van der Waals surface area contributed by atoms with Crippen LogP contribution in [0.25, 0.3) is 0 Å². The van der Waals surface area contributed by atoms with Crippen molar-refractivity contribution in [1.82, 2.24) is 5.32 Å². The largest absolute Gasteiger partial charge is 0.482 e. The molecule has 2 aromatic rings. The van der Waals surface area contributed by atoms with Gasteiger partial charge in [0.25, 0.3) is 15.9 Å². The van der Waals surface area contributed by atoms with E-state index < -0.39 is 10.0 Å². The second-order valence-corrected chi connectivity index (χ2v) is 9.55. The summed E-state index contributed by atoms with van der Waals surface area (Å²) < 4.78 is 38.5. The topological polar surface area (TPSA) is 84.9 Å². The van der Waals surface area contributed by atoms with Gasteiger partial charge in [-0.1, -0.05) is 29.8 Å². The van der Waals surface area contributed by atoms with E-state index in [-0.39, 0.29) is 34.3 Å². The molecule has 1 N–H and O–H groups in total. The number of benzene rings is 2. The standard InChI is InChI=1S/C21H23ClN2O5S/c22-18-12-17(30(26,27)24-10-9-15-4-1-2-6-19(15)24)7-8-20(18)29-14-21(25)23-13-16-5-3-11-28-16/h1-2,4,6-8,12,16H,3,5,9-11,13-14H2,(H,23,25). The van der Waals surface area contributed by atoms with E-state index >= 15 is 0 Å². The molecule has 2 aliphatic heterocycles. The summed E-state index contributed by atoms with van der Waals surface area (Å²) in [6.07, 6.45) is 2.67. The van der Waals surface area contributed by atoms with Gasteiger partial charge in [-0.05, 0) is 49.1 Å². The van der Waals surface area contributed by atoms with Crippen molar-refractivity contribution in [2.24, 2.45) is 0 Å². The third-order valence-electron chi connectivity index (χ3n) is 5.25. The second-order valence-electron chi connectivity index (χ2n) is 7.28. The van der Waals surface area contributed by atoms with Gasteiger partial charge >= 0.3 is 0 Å². The molecule has 0 aliphatic carbocycles. The molecule has 1 amide bonds. The number of halogens is 1. The molecular weight excluding hydrogens is 428 g/mol. The zero-order valence-electron chi connectivity index (χ0n) is 16.3. The predicted molar refractivity (Wildman–Crippen MR) is 114 cm³/mol. The third kappa shape index (κ3) is 4.40. The van der Waals surface area contributed by atoms with Crippen LogP contribution >= 0.6 is 11.6 Å². The van der Waals surface area contributed by atoms with Crippen LogP contribution in [-0.4, -0.2) is 46.7 Å². The Hall–Kier alpha value is -2.29. The number of rotatable bonds is 7. The summed E-state index contributed by atoms with van der Waals surface area (Å²) in [5.41, 5.74) is 1.69. The normalized spacial score (nSPS) is 18.3. The number of amides is 1. The lowest BCUT2D eigenvalue weighted by Gasteiger charge is -2.20. The Morgan fingerprint density at radius 3 is 2.87 bits per heavy atom. The number of nitrogens with one attached hydrogen (secondary N) is 1. The minimum atomic E-state index is -3.74. The van der Waals surface area contributed by atoms with Crippen LogP contribution < -0.4 is 14.4 Å². The molecule has 1 atom stereocenters. The smallest absolute Gasteiger partial charge is 0.264 e. The number of carbonyl (C=O) groups excluding carboxylic acids is 1. The van der Waals surface area contributed by atoms with Gasteiger partial charge in [0, 0.05) is 19.7 Å². The van der Waals surface area contributed by atoms with Gasteiger partial charge in [-0.25, -0.2) is 8.42 Å². The molecule has 160 valence electrons. The van der Waals surface area contributed by atoms with E-state index in [0.717, 1.165) is 25.0 Å². The van der Waals surface area contributed by atoms with Crippen molar-refractivity contribution < 1.29 is 22.7 Å². The Kier molecular flexibility index (Phi) is 6.17. The van der Waals surface area contributed by atoms with Crippen LogP contribution in [0.2, 0.25) is 5.02 Å². The van der Waals surface area contributed by atoms with Crippen molar-refractivity contribution in [3.8, 4) is 5.75 Å².